The van der Waals surface area contributed by atoms with Gasteiger partial charge in [-0.1, -0.05) is 0 Å². The van der Waals surface area contributed by atoms with Crippen molar-refractivity contribution in [2.75, 3.05) is 17.6 Å². The minimum absolute atomic E-state index is 0.0534. The SMILES string of the molecule is CC(=O)c1ccc(NCC(O)c2ccsc2)cc1N. The average Bonchev–Trinajstić information content (AvgIpc) is 2.89. The lowest BCUT2D eigenvalue weighted by Gasteiger charge is -2.13. The van der Waals surface area contributed by atoms with Gasteiger partial charge in [-0.3, -0.25) is 4.79 Å². The highest BCUT2D eigenvalue weighted by molar-refractivity contribution is 7.07. The minimum Gasteiger partial charge on any atom is -0.398 e. The highest BCUT2D eigenvalue weighted by Gasteiger charge is 2.09. The van der Waals surface area contributed by atoms with Crippen LogP contribution >= 0.6 is 11.3 Å². The van der Waals surface area contributed by atoms with E-state index in [2.05, 4.69) is 5.32 Å². The third-order valence-corrected chi connectivity index (χ3v) is 3.56. The molecular weight excluding hydrogens is 260 g/mol. The number of aliphatic hydroxyl groups excluding tert-OH is 1. The number of hydrogen-bond donors (Lipinski definition) is 3. The molecule has 0 aliphatic heterocycles. The molecule has 0 aliphatic carbocycles. The number of rotatable bonds is 5. The first kappa shape index (κ1) is 13.6. The van der Waals surface area contributed by atoms with E-state index in [0.717, 1.165) is 11.3 Å². The molecule has 1 heterocycles. The number of anilines is 2. The number of benzene rings is 1. The van der Waals surface area contributed by atoms with Gasteiger partial charge < -0.3 is 16.2 Å². The van der Waals surface area contributed by atoms with E-state index in [1.807, 2.05) is 16.8 Å². The van der Waals surface area contributed by atoms with E-state index in [-0.39, 0.29) is 5.78 Å². The van der Waals surface area contributed by atoms with Gasteiger partial charge in [0, 0.05) is 23.5 Å². The molecule has 100 valence electrons. The van der Waals surface area contributed by atoms with Crippen molar-refractivity contribution in [2.45, 2.75) is 13.0 Å². The molecule has 0 fully saturated rings. The molecule has 1 aromatic carbocycles. The molecule has 0 saturated heterocycles. The van der Waals surface area contributed by atoms with Crippen LogP contribution in [-0.4, -0.2) is 17.4 Å². The number of nitrogen functional groups attached to an aromatic ring is 1. The summed E-state index contributed by atoms with van der Waals surface area (Å²) in [7, 11) is 0. The van der Waals surface area contributed by atoms with Gasteiger partial charge in [-0.15, -0.1) is 0 Å². The summed E-state index contributed by atoms with van der Waals surface area (Å²) in [6.45, 7) is 1.88. The van der Waals surface area contributed by atoms with Gasteiger partial charge in [-0.2, -0.15) is 11.3 Å². The molecule has 0 bridgehead atoms. The second-order valence-corrected chi connectivity index (χ2v) is 5.09. The fourth-order valence-electron chi connectivity index (χ4n) is 1.79. The maximum Gasteiger partial charge on any atom is 0.161 e. The number of carbonyl (C=O) groups excluding carboxylic acids is 1. The van der Waals surface area contributed by atoms with Gasteiger partial charge in [0.05, 0.1) is 6.10 Å². The predicted octanol–water partition coefficient (Wildman–Crippen LogP) is 2.68. The van der Waals surface area contributed by atoms with Crippen LogP contribution in [0.3, 0.4) is 0 Å². The van der Waals surface area contributed by atoms with E-state index < -0.39 is 6.10 Å². The van der Waals surface area contributed by atoms with Crippen LogP contribution < -0.4 is 11.1 Å². The van der Waals surface area contributed by atoms with Crippen molar-refractivity contribution < 1.29 is 9.90 Å². The van der Waals surface area contributed by atoms with Crippen LogP contribution in [-0.2, 0) is 0 Å². The molecule has 2 aromatic rings. The smallest absolute Gasteiger partial charge is 0.161 e. The van der Waals surface area contributed by atoms with E-state index in [9.17, 15) is 9.90 Å². The first-order chi connectivity index (χ1) is 9.08. The zero-order valence-corrected chi connectivity index (χ0v) is 11.4. The van der Waals surface area contributed by atoms with Crippen LogP contribution in [0.25, 0.3) is 0 Å². The molecule has 5 heteroatoms. The lowest BCUT2D eigenvalue weighted by Crippen LogP contribution is -2.12. The summed E-state index contributed by atoms with van der Waals surface area (Å²) >= 11 is 1.55. The van der Waals surface area contributed by atoms with Crippen LogP contribution in [0.1, 0.15) is 28.9 Å². The zero-order chi connectivity index (χ0) is 13.8. The molecule has 4 nitrogen and oxygen atoms in total. The quantitative estimate of drug-likeness (QED) is 0.580. The Morgan fingerprint density at radius 1 is 1.47 bits per heavy atom. The van der Waals surface area contributed by atoms with Crippen molar-refractivity contribution in [3.8, 4) is 0 Å². The minimum atomic E-state index is -0.556. The molecule has 0 saturated carbocycles. The van der Waals surface area contributed by atoms with Crippen molar-refractivity contribution in [1.82, 2.24) is 0 Å². The molecule has 4 N–H and O–H groups in total. The Morgan fingerprint density at radius 2 is 2.26 bits per heavy atom. The third kappa shape index (κ3) is 3.33. The maximum atomic E-state index is 11.3. The number of ketones is 1. The van der Waals surface area contributed by atoms with Crippen LogP contribution in [0.4, 0.5) is 11.4 Å². The summed E-state index contributed by atoms with van der Waals surface area (Å²) in [5, 5.41) is 16.9. The van der Waals surface area contributed by atoms with Crippen molar-refractivity contribution in [2.24, 2.45) is 0 Å². The molecule has 1 aromatic heterocycles. The van der Waals surface area contributed by atoms with E-state index in [0.29, 0.717) is 17.8 Å². The Bertz CT molecular complexity index is 567. The van der Waals surface area contributed by atoms with E-state index >= 15 is 0 Å². The number of hydrogen-bond acceptors (Lipinski definition) is 5. The van der Waals surface area contributed by atoms with Crippen molar-refractivity contribution >= 4 is 28.5 Å². The molecule has 0 radical (unpaired) electrons. The Kier molecular flexibility index (Phi) is 4.19. The Morgan fingerprint density at radius 3 is 2.84 bits per heavy atom. The van der Waals surface area contributed by atoms with Crippen molar-refractivity contribution in [3.63, 3.8) is 0 Å². The molecular formula is C14H16N2O2S. The number of Topliss-reactive ketones (excluding diaryl/α,β-unsaturated/α-hetero) is 1. The normalized spacial score (nSPS) is 12.1. The lowest BCUT2D eigenvalue weighted by atomic mass is 10.1. The Labute approximate surface area is 115 Å². The average molecular weight is 276 g/mol. The molecule has 0 spiro atoms. The van der Waals surface area contributed by atoms with Gasteiger partial charge in [-0.05, 0) is 47.5 Å². The van der Waals surface area contributed by atoms with E-state index in [4.69, 9.17) is 5.73 Å². The first-order valence-electron chi connectivity index (χ1n) is 5.92. The fraction of sp³-hybridized carbons (Fsp3) is 0.214. The first-order valence-corrected chi connectivity index (χ1v) is 6.86. The number of nitrogens with two attached hydrogens (primary N) is 1. The van der Waals surface area contributed by atoms with Gasteiger partial charge in [0.2, 0.25) is 0 Å². The van der Waals surface area contributed by atoms with Crippen LogP contribution in [0.2, 0.25) is 0 Å². The van der Waals surface area contributed by atoms with E-state index in [1.165, 1.54) is 6.92 Å². The summed E-state index contributed by atoms with van der Waals surface area (Å²) < 4.78 is 0. The van der Waals surface area contributed by atoms with Gasteiger partial charge >= 0.3 is 0 Å². The lowest BCUT2D eigenvalue weighted by molar-refractivity contribution is 0.101. The zero-order valence-electron chi connectivity index (χ0n) is 10.6. The van der Waals surface area contributed by atoms with Crippen LogP contribution in [0.5, 0.6) is 0 Å². The number of aliphatic hydroxyl groups is 1. The summed E-state index contributed by atoms with van der Waals surface area (Å²) in [6.07, 6.45) is -0.556. The van der Waals surface area contributed by atoms with Crippen molar-refractivity contribution in [1.29, 1.82) is 0 Å². The highest BCUT2D eigenvalue weighted by Crippen LogP contribution is 2.21. The molecule has 1 atom stereocenters. The maximum absolute atomic E-state index is 11.3. The van der Waals surface area contributed by atoms with Gasteiger partial charge in [0.15, 0.2) is 5.78 Å². The highest BCUT2D eigenvalue weighted by atomic mass is 32.1. The largest absolute Gasteiger partial charge is 0.398 e. The van der Waals surface area contributed by atoms with Gasteiger partial charge in [-0.25, -0.2) is 0 Å². The van der Waals surface area contributed by atoms with E-state index in [1.54, 1.807) is 29.5 Å². The second kappa shape index (κ2) is 5.86. The molecule has 1 unspecified atom stereocenters. The summed E-state index contributed by atoms with van der Waals surface area (Å²) in [5.41, 5.74) is 8.45. The molecule has 2 rings (SSSR count). The summed E-state index contributed by atoms with van der Waals surface area (Å²) in [4.78, 5) is 11.3. The van der Waals surface area contributed by atoms with Crippen LogP contribution in [0, 0.1) is 0 Å². The van der Waals surface area contributed by atoms with Gasteiger partial charge in [0.1, 0.15) is 0 Å². The number of nitrogens with one attached hydrogen (secondary N) is 1. The number of thiophene rings is 1. The molecule has 0 aliphatic rings. The van der Waals surface area contributed by atoms with Gasteiger partial charge in [0.25, 0.3) is 0 Å². The predicted molar refractivity (Wildman–Crippen MR) is 78.6 cm³/mol. The Hall–Kier alpha value is -1.85. The third-order valence-electron chi connectivity index (χ3n) is 2.86. The standard InChI is InChI=1S/C14H16N2O2S/c1-9(17)12-3-2-11(6-13(12)15)16-7-14(18)10-4-5-19-8-10/h2-6,8,14,16,18H,7,15H2,1H3. The second-order valence-electron chi connectivity index (χ2n) is 4.31. The topological polar surface area (TPSA) is 75.3 Å². The van der Waals surface area contributed by atoms with Crippen molar-refractivity contribution in [3.05, 3.63) is 46.2 Å². The number of carbonyl (C=O) groups is 1. The molecule has 19 heavy (non-hydrogen) atoms. The van der Waals surface area contributed by atoms with Crippen LogP contribution in [0.15, 0.2) is 35.0 Å². The Balaban J connectivity index is 2.00. The monoisotopic (exact) mass is 276 g/mol. The summed E-state index contributed by atoms with van der Waals surface area (Å²) in [6, 6.07) is 7.08. The molecule has 0 amide bonds. The summed E-state index contributed by atoms with van der Waals surface area (Å²) in [5.74, 6) is -0.0534. The fourth-order valence-corrected chi connectivity index (χ4v) is 2.50.